The van der Waals surface area contributed by atoms with Gasteiger partial charge in [-0.05, 0) is 36.2 Å². The number of anilines is 1. The van der Waals surface area contributed by atoms with E-state index in [1.807, 2.05) is 6.07 Å². The van der Waals surface area contributed by atoms with Crippen molar-refractivity contribution in [2.45, 2.75) is 19.4 Å². The molecule has 0 aromatic heterocycles. The number of fused-ring (bicyclic) bond motifs is 1. The molecular formula is C15H19NO2. The molecule has 1 atom stereocenters. The number of aliphatic hydroxyl groups excluding tert-OH is 2. The second-order valence-corrected chi connectivity index (χ2v) is 4.60. The van der Waals surface area contributed by atoms with Crippen molar-refractivity contribution in [3.05, 3.63) is 42.0 Å². The first-order valence-corrected chi connectivity index (χ1v) is 6.21. The van der Waals surface area contributed by atoms with E-state index < -0.39 is 0 Å². The van der Waals surface area contributed by atoms with Crippen LogP contribution < -0.4 is 5.32 Å². The summed E-state index contributed by atoms with van der Waals surface area (Å²) in [6.07, 6.45) is 0.544. The summed E-state index contributed by atoms with van der Waals surface area (Å²) >= 11 is 0. The van der Waals surface area contributed by atoms with Gasteiger partial charge in [0.2, 0.25) is 0 Å². The Kier molecular flexibility index (Phi) is 4.18. The van der Waals surface area contributed by atoms with Crippen LogP contribution in [0.15, 0.2) is 36.4 Å². The second-order valence-electron chi connectivity index (χ2n) is 4.60. The first kappa shape index (κ1) is 12.9. The molecule has 3 heteroatoms. The lowest BCUT2D eigenvalue weighted by Gasteiger charge is -2.16. The van der Waals surface area contributed by atoms with Crippen LogP contribution in [-0.2, 0) is 0 Å². The summed E-state index contributed by atoms with van der Waals surface area (Å²) in [6, 6.07) is 12.4. The van der Waals surface area contributed by atoms with Gasteiger partial charge in [0.15, 0.2) is 0 Å². The SMILES string of the molecule is Cc1ccc2cc(NC(CO)CCO)ccc2c1. The van der Waals surface area contributed by atoms with Crippen LogP contribution in [0.1, 0.15) is 12.0 Å². The Labute approximate surface area is 107 Å². The van der Waals surface area contributed by atoms with Crippen LogP contribution in [0, 0.1) is 6.92 Å². The Hall–Kier alpha value is -1.58. The number of aryl methyl sites for hydroxylation is 1. The van der Waals surface area contributed by atoms with Crippen LogP contribution in [-0.4, -0.2) is 29.5 Å². The molecule has 0 heterocycles. The molecule has 0 fully saturated rings. The molecular weight excluding hydrogens is 226 g/mol. The smallest absolute Gasteiger partial charge is 0.0633 e. The van der Waals surface area contributed by atoms with E-state index in [1.165, 1.54) is 16.3 Å². The van der Waals surface area contributed by atoms with E-state index >= 15 is 0 Å². The standard InChI is InChI=1S/C15H19NO2/c1-11-2-3-13-9-14(5-4-12(13)8-11)16-15(10-18)6-7-17/h2-5,8-9,15-18H,6-7,10H2,1H3. The highest BCUT2D eigenvalue weighted by molar-refractivity contribution is 5.86. The minimum atomic E-state index is -0.0992. The topological polar surface area (TPSA) is 52.5 Å². The first-order chi connectivity index (χ1) is 8.72. The zero-order valence-corrected chi connectivity index (χ0v) is 10.6. The summed E-state index contributed by atoms with van der Waals surface area (Å²) in [4.78, 5) is 0. The summed E-state index contributed by atoms with van der Waals surface area (Å²) in [5.74, 6) is 0. The number of aliphatic hydroxyl groups is 2. The summed E-state index contributed by atoms with van der Waals surface area (Å²) in [6.45, 7) is 2.17. The van der Waals surface area contributed by atoms with Crippen molar-refractivity contribution in [3.8, 4) is 0 Å². The van der Waals surface area contributed by atoms with Crippen molar-refractivity contribution in [2.75, 3.05) is 18.5 Å². The Morgan fingerprint density at radius 3 is 2.50 bits per heavy atom. The highest BCUT2D eigenvalue weighted by Gasteiger charge is 2.06. The zero-order chi connectivity index (χ0) is 13.0. The van der Waals surface area contributed by atoms with Crippen molar-refractivity contribution in [3.63, 3.8) is 0 Å². The molecule has 0 aliphatic rings. The number of hydrogen-bond donors (Lipinski definition) is 3. The Morgan fingerprint density at radius 2 is 1.78 bits per heavy atom. The van der Waals surface area contributed by atoms with Crippen LogP contribution >= 0.6 is 0 Å². The second kappa shape index (κ2) is 5.85. The number of rotatable bonds is 5. The number of nitrogens with one attached hydrogen (secondary N) is 1. The Bertz CT molecular complexity index is 525. The van der Waals surface area contributed by atoms with Gasteiger partial charge >= 0.3 is 0 Å². The van der Waals surface area contributed by atoms with Crippen molar-refractivity contribution in [2.24, 2.45) is 0 Å². The lowest BCUT2D eigenvalue weighted by Crippen LogP contribution is -2.24. The third-order valence-electron chi connectivity index (χ3n) is 3.06. The monoisotopic (exact) mass is 245 g/mol. The van der Waals surface area contributed by atoms with Gasteiger partial charge in [-0.2, -0.15) is 0 Å². The minimum absolute atomic E-state index is 0.0203. The summed E-state index contributed by atoms with van der Waals surface area (Å²) < 4.78 is 0. The fourth-order valence-corrected chi connectivity index (χ4v) is 2.06. The highest BCUT2D eigenvalue weighted by atomic mass is 16.3. The summed E-state index contributed by atoms with van der Waals surface area (Å²) in [5.41, 5.74) is 2.22. The van der Waals surface area contributed by atoms with Gasteiger partial charge in [-0.1, -0.05) is 29.8 Å². The molecule has 2 aromatic carbocycles. The van der Waals surface area contributed by atoms with E-state index in [1.54, 1.807) is 0 Å². The zero-order valence-electron chi connectivity index (χ0n) is 10.6. The van der Waals surface area contributed by atoms with Gasteiger partial charge in [0.25, 0.3) is 0 Å². The van der Waals surface area contributed by atoms with E-state index in [9.17, 15) is 5.11 Å². The van der Waals surface area contributed by atoms with Crippen LogP contribution in [0.25, 0.3) is 10.8 Å². The fourth-order valence-electron chi connectivity index (χ4n) is 2.06. The van der Waals surface area contributed by atoms with Crippen molar-refractivity contribution in [1.29, 1.82) is 0 Å². The van der Waals surface area contributed by atoms with Crippen LogP contribution in [0.3, 0.4) is 0 Å². The summed E-state index contributed by atoms with van der Waals surface area (Å²) in [7, 11) is 0. The molecule has 0 saturated carbocycles. The fraction of sp³-hybridized carbons (Fsp3) is 0.333. The van der Waals surface area contributed by atoms with Crippen LogP contribution in [0.4, 0.5) is 5.69 Å². The third kappa shape index (κ3) is 3.00. The molecule has 0 amide bonds. The molecule has 2 rings (SSSR count). The molecule has 0 radical (unpaired) electrons. The largest absolute Gasteiger partial charge is 0.396 e. The Morgan fingerprint density at radius 1 is 1.06 bits per heavy atom. The van der Waals surface area contributed by atoms with Crippen molar-refractivity contribution in [1.82, 2.24) is 0 Å². The minimum Gasteiger partial charge on any atom is -0.396 e. The summed E-state index contributed by atoms with van der Waals surface area (Å²) in [5, 5.41) is 23.7. The van der Waals surface area contributed by atoms with Crippen LogP contribution in [0.2, 0.25) is 0 Å². The normalized spacial score (nSPS) is 12.6. The lowest BCUT2D eigenvalue weighted by atomic mass is 10.1. The molecule has 1 unspecified atom stereocenters. The predicted molar refractivity (Wildman–Crippen MR) is 74.9 cm³/mol. The first-order valence-electron chi connectivity index (χ1n) is 6.21. The van der Waals surface area contributed by atoms with Gasteiger partial charge in [-0.25, -0.2) is 0 Å². The molecule has 3 nitrogen and oxygen atoms in total. The van der Waals surface area contributed by atoms with E-state index in [2.05, 4.69) is 42.6 Å². The molecule has 0 spiro atoms. The van der Waals surface area contributed by atoms with Gasteiger partial charge in [0, 0.05) is 12.3 Å². The Balaban J connectivity index is 2.21. The molecule has 3 N–H and O–H groups in total. The maximum absolute atomic E-state index is 9.19. The highest BCUT2D eigenvalue weighted by Crippen LogP contribution is 2.21. The lowest BCUT2D eigenvalue weighted by molar-refractivity contribution is 0.229. The molecule has 0 bridgehead atoms. The van der Waals surface area contributed by atoms with Gasteiger partial charge < -0.3 is 15.5 Å². The molecule has 2 aromatic rings. The predicted octanol–water partition coefficient (Wildman–Crippen LogP) is 2.30. The van der Waals surface area contributed by atoms with E-state index in [0.717, 1.165) is 5.69 Å². The maximum atomic E-state index is 9.19. The van der Waals surface area contributed by atoms with Crippen molar-refractivity contribution < 1.29 is 10.2 Å². The van der Waals surface area contributed by atoms with Gasteiger partial charge in [-0.3, -0.25) is 0 Å². The van der Waals surface area contributed by atoms with Gasteiger partial charge in [0.05, 0.1) is 12.6 Å². The molecule has 96 valence electrons. The van der Waals surface area contributed by atoms with Gasteiger partial charge in [-0.15, -0.1) is 0 Å². The van der Waals surface area contributed by atoms with E-state index in [-0.39, 0.29) is 19.3 Å². The molecule has 0 aliphatic carbocycles. The molecule has 0 aliphatic heterocycles. The average molecular weight is 245 g/mol. The van der Waals surface area contributed by atoms with Gasteiger partial charge in [0.1, 0.15) is 0 Å². The van der Waals surface area contributed by atoms with E-state index in [4.69, 9.17) is 5.11 Å². The quantitative estimate of drug-likeness (QED) is 0.757. The average Bonchev–Trinajstić information content (AvgIpc) is 2.38. The van der Waals surface area contributed by atoms with E-state index in [0.29, 0.717) is 6.42 Å². The molecule has 18 heavy (non-hydrogen) atoms. The molecule has 0 saturated heterocycles. The number of benzene rings is 2. The van der Waals surface area contributed by atoms with Crippen molar-refractivity contribution >= 4 is 16.5 Å². The van der Waals surface area contributed by atoms with Crippen LogP contribution in [0.5, 0.6) is 0 Å². The third-order valence-corrected chi connectivity index (χ3v) is 3.06. The maximum Gasteiger partial charge on any atom is 0.0633 e. The number of hydrogen-bond acceptors (Lipinski definition) is 3.